The van der Waals surface area contributed by atoms with E-state index in [1.165, 1.54) is 51.4 Å². The van der Waals surface area contributed by atoms with E-state index >= 15 is 0 Å². The molecule has 1 aliphatic rings. The molecule has 1 aliphatic carbocycles. The second-order valence-corrected chi connectivity index (χ2v) is 5.87. The normalized spacial score (nSPS) is 20.8. The third kappa shape index (κ3) is 5.27. The van der Waals surface area contributed by atoms with Crippen LogP contribution in [0.4, 0.5) is 0 Å². The fourth-order valence-corrected chi connectivity index (χ4v) is 3.51. The molecule has 0 N–H and O–H groups in total. The van der Waals surface area contributed by atoms with Crippen molar-refractivity contribution in [3.63, 3.8) is 0 Å². The van der Waals surface area contributed by atoms with Crippen LogP contribution in [0.2, 0.25) is 0 Å². The van der Waals surface area contributed by atoms with Crippen LogP contribution in [0.1, 0.15) is 58.3 Å². The van der Waals surface area contributed by atoms with E-state index in [9.17, 15) is 0 Å². The smallest absolute Gasteiger partial charge is 0.0496 e. The summed E-state index contributed by atoms with van der Waals surface area (Å²) in [4.78, 5) is 0. The van der Waals surface area contributed by atoms with Crippen molar-refractivity contribution in [3.8, 4) is 0 Å². The molecule has 0 radical (unpaired) electrons. The van der Waals surface area contributed by atoms with Gasteiger partial charge in [0.2, 0.25) is 0 Å². The molecule has 0 bridgehead atoms. The van der Waals surface area contributed by atoms with Gasteiger partial charge in [0.05, 0.1) is 0 Å². The lowest BCUT2D eigenvalue weighted by molar-refractivity contribution is 0.0256. The minimum atomic E-state index is 0.693. The predicted molar refractivity (Wildman–Crippen MR) is 76.8 cm³/mol. The number of unbranched alkanes of at least 4 members (excludes halogenated alkanes) is 1. The minimum Gasteiger partial charge on any atom is -0.384 e. The molecule has 18 heavy (non-hydrogen) atoms. The van der Waals surface area contributed by atoms with E-state index < -0.39 is 0 Å². The van der Waals surface area contributed by atoms with Crippen molar-refractivity contribution in [2.75, 3.05) is 27.4 Å². The summed E-state index contributed by atoms with van der Waals surface area (Å²) in [6, 6.07) is 0. The molecule has 0 heterocycles. The van der Waals surface area contributed by atoms with Crippen molar-refractivity contribution in [2.24, 2.45) is 17.8 Å². The molecule has 1 rings (SSSR count). The van der Waals surface area contributed by atoms with Crippen LogP contribution < -0.4 is 0 Å². The second kappa shape index (κ2) is 9.80. The molecule has 108 valence electrons. The van der Waals surface area contributed by atoms with E-state index in [0.29, 0.717) is 11.8 Å². The maximum atomic E-state index is 5.51. The Bertz CT molecular complexity index is 188. The molecule has 0 aromatic heterocycles. The average Bonchev–Trinajstić information content (AvgIpc) is 2.42. The molecule has 0 aromatic rings. The number of hydrogen-bond donors (Lipinski definition) is 0. The fraction of sp³-hybridized carbons (Fsp3) is 1.00. The van der Waals surface area contributed by atoms with E-state index in [1.54, 1.807) is 0 Å². The van der Waals surface area contributed by atoms with E-state index in [0.717, 1.165) is 19.1 Å². The first-order valence-corrected chi connectivity index (χ1v) is 7.81. The van der Waals surface area contributed by atoms with Gasteiger partial charge < -0.3 is 9.47 Å². The Hall–Kier alpha value is -0.0800. The van der Waals surface area contributed by atoms with Crippen LogP contribution in [-0.2, 0) is 9.47 Å². The zero-order valence-electron chi connectivity index (χ0n) is 12.6. The highest BCUT2D eigenvalue weighted by Gasteiger charge is 2.30. The SMILES string of the molecule is CCCCC(COC)C(COC)C1CCCCC1. The summed E-state index contributed by atoms with van der Waals surface area (Å²) in [6.07, 6.45) is 11.0. The van der Waals surface area contributed by atoms with Gasteiger partial charge in [0, 0.05) is 27.4 Å². The molecule has 0 amide bonds. The fourth-order valence-electron chi connectivity index (χ4n) is 3.51. The third-order valence-corrected chi connectivity index (χ3v) is 4.53. The molecule has 2 unspecified atom stereocenters. The quantitative estimate of drug-likeness (QED) is 0.613. The first-order chi connectivity index (χ1) is 8.83. The Labute approximate surface area is 113 Å². The van der Waals surface area contributed by atoms with Gasteiger partial charge >= 0.3 is 0 Å². The van der Waals surface area contributed by atoms with Gasteiger partial charge in [0.1, 0.15) is 0 Å². The summed E-state index contributed by atoms with van der Waals surface area (Å²) >= 11 is 0. The van der Waals surface area contributed by atoms with Crippen LogP contribution in [-0.4, -0.2) is 27.4 Å². The zero-order valence-corrected chi connectivity index (χ0v) is 12.6. The zero-order chi connectivity index (χ0) is 13.2. The van der Waals surface area contributed by atoms with Crippen LogP contribution in [0.25, 0.3) is 0 Å². The van der Waals surface area contributed by atoms with Crippen molar-refractivity contribution in [3.05, 3.63) is 0 Å². The average molecular weight is 256 g/mol. The maximum Gasteiger partial charge on any atom is 0.0496 e. The van der Waals surface area contributed by atoms with Crippen molar-refractivity contribution in [2.45, 2.75) is 58.3 Å². The number of hydrogen-bond acceptors (Lipinski definition) is 2. The standard InChI is InChI=1S/C16H32O2/c1-4-5-9-15(12-17-2)16(13-18-3)14-10-7-6-8-11-14/h14-16H,4-13H2,1-3H3. The Morgan fingerprint density at radius 1 is 1.00 bits per heavy atom. The maximum absolute atomic E-state index is 5.51. The van der Waals surface area contributed by atoms with Crippen molar-refractivity contribution in [1.82, 2.24) is 0 Å². The molecular weight excluding hydrogens is 224 g/mol. The largest absolute Gasteiger partial charge is 0.384 e. The molecule has 2 nitrogen and oxygen atoms in total. The molecule has 0 aliphatic heterocycles. The lowest BCUT2D eigenvalue weighted by Gasteiger charge is -2.35. The summed E-state index contributed by atoms with van der Waals surface area (Å²) in [5.74, 6) is 2.27. The second-order valence-electron chi connectivity index (χ2n) is 5.87. The molecule has 0 saturated heterocycles. The highest BCUT2D eigenvalue weighted by atomic mass is 16.5. The highest BCUT2D eigenvalue weighted by Crippen LogP contribution is 2.36. The van der Waals surface area contributed by atoms with Crippen LogP contribution >= 0.6 is 0 Å². The number of methoxy groups -OCH3 is 2. The summed E-state index contributed by atoms with van der Waals surface area (Å²) in [5.41, 5.74) is 0. The number of ether oxygens (including phenoxy) is 2. The summed E-state index contributed by atoms with van der Waals surface area (Å²) < 4.78 is 11.0. The summed E-state index contributed by atoms with van der Waals surface area (Å²) in [5, 5.41) is 0. The lowest BCUT2D eigenvalue weighted by Crippen LogP contribution is -2.32. The van der Waals surface area contributed by atoms with Gasteiger partial charge in [-0.3, -0.25) is 0 Å². The summed E-state index contributed by atoms with van der Waals surface area (Å²) in [6.45, 7) is 4.10. The molecular formula is C16H32O2. The highest BCUT2D eigenvalue weighted by molar-refractivity contribution is 4.79. The van der Waals surface area contributed by atoms with E-state index in [2.05, 4.69) is 6.92 Å². The molecule has 1 fully saturated rings. The Balaban J connectivity index is 2.57. The van der Waals surface area contributed by atoms with Gasteiger partial charge in [-0.05, 0) is 24.2 Å². The molecule has 0 spiro atoms. The predicted octanol–water partition coefficient (Wildman–Crippen LogP) is 4.28. The van der Waals surface area contributed by atoms with E-state index in [1.807, 2.05) is 14.2 Å². The van der Waals surface area contributed by atoms with E-state index in [-0.39, 0.29) is 0 Å². The van der Waals surface area contributed by atoms with Gasteiger partial charge in [0.25, 0.3) is 0 Å². The van der Waals surface area contributed by atoms with Gasteiger partial charge in [-0.15, -0.1) is 0 Å². The van der Waals surface area contributed by atoms with Gasteiger partial charge in [-0.1, -0.05) is 51.9 Å². The van der Waals surface area contributed by atoms with Gasteiger partial charge in [0.15, 0.2) is 0 Å². The third-order valence-electron chi connectivity index (χ3n) is 4.53. The topological polar surface area (TPSA) is 18.5 Å². The molecule has 1 saturated carbocycles. The first kappa shape index (κ1) is 16.0. The summed E-state index contributed by atoms with van der Waals surface area (Å²) in [7, 11) is 3.68. The van der Waals surface area contributed by atoms with Gasteiger partial charge in [-0.25, -0.2) is 0 Å². The first-order valence-electron chi connectivity index (χ1n) is 7.81. The monoisotopic (exact) mass is 256 g/mol. The Morgan fingerprint density at radius 2 is 1.67 bits per heavy atom. The van der Waals surface area contributed by atoms with Crippen molar-refractivity contribution in [1.29, 1.82) is 0 Å². The van der Waals surface area contributed by atoms with Crippen LogP contribution in [0.3, 0.4) is 0 Å². The molecule has 2 heteroatoms. The van der Waals surface area contributed by atoms with Crippen LogP contribution in [0.15, 0.2) is 0 Å². The van der Waals surface area contributed by atoms with Crippen molar-refractivity contribution < 1.29 is 9.47 Å². The lowest BCUT2D eigenvalue weighted by atomic mass is 9.73. The number of rotatable bonds is 9. The molecule has 2 atom stereocenters. The van der Waals surface area contributed by atoms with Gasteiger partial charge in [-0.2, -0.15) is 0 Å². The van der Waals surface area contributed by atoms with Crippen LogP contribution in [0, 0.1) is 17.8 Å². The Kier molecular flexibility index (Phi) is 8.70. The van der Waals surface area contributed by atoms with Crippen LogP contribution in [0.5, 0.6) is 0 Å². The molecule has 0 aromatic carbocycles. The van der Waals surface area contributed by atoms with E-state index in [4.69, 9.17) is 9.47 Å². The van der Waals surface area contributed by atoms with Crippen molar-refractivity contribution >= 4 is 0 Å². The Morgan fingerprint density at radius 3 is 2.22 bits per heavy atom. The minimum absolute atomic E-state index is 0.693.